The van der Waals surface area contributed by atoms with Crippen molar-refractivity contribution in [3.63, 3.8) is 0 Å². The highest BCUT2D eigenvalue weighted by Crippen LogP contribution is 2.27. The van der Waals surface area contributed by atoms with Crippen molar-refractivity contribution in [2.24, 2.45) is 0 Å². The lowest BCUT2D eigenvalue weighted by atomic mass is 9.99. The molecule has 4 heteroatoms. The summed E-state index contributed by atoms with van der Waals surface area (Å²) < 4.78 is 5.11. The Balaban J connectivity index is 1.62. The lowest BCUT2D eigenvalue weighted by molar-refractivity contribution is 0.0976. The summed E-state index contributed by atoms with van der Waals surface area (Å²) >= 11 is 0. The second kappa shape index (κ2) is 13.3. The fourth-order valence-electron chi connectivity index (χ4n) is 4.02. The van der Waals surface area contributed by atoms with E-state index in [0.717, 1.165) is 24.8 Å². The largest absolute Gasteiger partial charge is 0.507 e. The van der Waals surface area contributed by atoms with Crippen LogP contribution in [-0.4, -0.2) is 10.9 Å². The van der Waals surface area contributed by atoms with Crippen LogP contribution in [-0.2, 0) is 0 Å². The number of phenolic OH excluding ortho intramolecular Hbond substituents is 1. The topological polar surface area (TPSA) is 67.5 Å². The van der Waals surface area contributed by atoms with Gasteiger partial charge in [-0.15, -0.1) is 0 Å². The van der Waals surface area contributed by atoms with Gasteiger partial charge in [0.05, 0.1) is 5.56 Å². The molecule has 0 saturated carbocycles. The lowest BCUT2D eigenvalue weighted by Gasteiger charge is -2.07. The van der Waals surface area contributed by atoms with E-state index in [2.05, 4.69) is 6.92 Å². The number of phenols is 1. The van der Waals surface area contributed by atoms with Gasteiger partial charge in [-0.1, -0.05) is 84.0 Å². The predicted molar refractivity (Wildman–Crippen MR) is 124 cm³/mol. The van der Waals surface area contributed by atoms with E-state index < -0.39 is 5.63 Å². The normalized spacial score (nSPS) is 11.3. The van der Waals surface area contributed by atoms with Crippen molar-refractivity contribution >= 4 is 16.8 Å². The number of benzene rings is 1. The zero-order chi connectivity index (χ0) is 21.8. The summed E-state index contributed by atoms with van der Waals surface area (Å²) in [7, 11) is 0. The van der Waals surface area contributed by atoms with Crippen molar-refractivity contribution < 1.29 is 14.3 Å². The molecule has 1 N–H and O–H groups in total. The highest BCUT2D eigenvalue weighted by Gasteiger charge is 2.14. The van der Waals surface area contributed by atoms with Gasteiger partial charge in [-0.2, -0.15) is 0 Å². The lowest BCUT2D eigenvalue weighted by Crippen LogP contribution is -2.02. The number of rotatable bonds is 15. The van der Waals surface area contributed by atoms with Crippen molar-refractivity contribution in [3.8, 4) is 5.75 Å². The quantitative estimate of drug-likeness (QED) is 0.186. The van der Waals surface area contributed by atoms with Crippen LogP contribution in [0.5, 0.6) is 5.75 Å². The highest BCUT2D eigenvalue weighted by atomic mass is 16.4. The van der Waals surface area contributed by atoms with Crippen molar-refractivity contribution in [2.45, 2.75) is 104 Å². The molecule has 1 aromatic heterocycles. The second-order valence-corrected chi connectivity index (χ2v) is 8.53. The molecule has 0 atom stereocenters. The molecule has 2 rings (SSSR count). The van der Waals surface area contributed by atoms with E-state index in [9.17, 15) is 14.7 Å². The Bertz CT molecular complexity index is 850. The van der Waals surface area contributed by atoms with Gasteiger partial charge in [0.1, 0.15) is 11.3 Å². The van der Waals surface area contributed by atoms with Crippen LogP contribution in [0.3, 0.4) is 0 Å². The third-order valence-electron chi connectivity index (χ3n) is 5.88. The van der Waals surface area contributed by atoms with E-state index in [1.807, 2.05) is 0 Å². The van der Waals surface area contributed by atoms with Gasteiger partial charge in [0, 0.05) is 23.9 Å². The molecule has 4 nitrogen and oxygen atoms in total. The van der Waals surface area contributed by atoms with Gasteiger partial charge in [-0.3, -0.25) is 4.79 Å². The minimum Gasteiger partial charge on any atom is -0.507 e. The number of ketones is 1. The van der Waals surface area contributed by atoms with Gasteiger partial charge in [0.15, 0.2) is 5.78 Å². The van der Waals surface area contributed by atoms with Crippen LogP contribution >= 0.6 is 0 Å². The molecule has 0 bridgehead atoms. The van der Waals surface area contributed by atoms with Crippen LogP contribution in [0.25, 0.3) is 11.0 Å². The number of carbonyl (C=O) groups excluding carboxylic acids is 1. The molecule has 30 heavy (non-hydrogen) atoms. The molecule has 0 unspecified atom stereocenters. The average molecular weight is 415 g/mol. The molecule has 166 valence electrons. The zero-order valence-electron chi connectivity index (χ0n) is 18.8. The van der Waals surface area contributed by atoms with Gasteiger partial charge in [-0.25, -0.2) is 4.79 Å². The average Bonchev–Trinajstić information content (AvgIpc) is 2.70. The summed E-state index contributed by atoms with van der Waals surface area (Å²) in [6, 6.07) is 4.43. The third kappa shape index (κ3) is 7.97. The van der Waals surface area contributed by atoms with Gasteiger partial charge < -0.3 is 9.52 Å². The Morgan fingerprint density at radius 1 is 0.833 bits per heavy atom. The zero-order valence-corrected chi connectivity index (χ0v) is 18.8. The first-order chi connectivity index (χ1) is 14.5. The van der Waals surface area contributed by atoms with E-state index in [-0.39, 0.29) is 11.5 Å². The number of carbonyl (C=O) groups is 1. The number of hydrogen-bond donors (Lipinski definition) is 1. The summed E-state index contributed by atoms with van der Waals surface area (Å²) in [5, 5.41) is 10.9. The second-order valence-electron chi connectivity index (χ2n) is 8.53. The Hall–Kier alpha value is -2.10. The van der Waals surface area contributed by atoms with Crippen LogP contribution in [0.1, 0.15) is 113 Å². The van der Waals surface area contributed by atoms with Crippen LogP contribution < -0.4 is 5.63 Å². The van der Waals surface area contributed by atoms with Crippen LogP contribution in [0.4, 0.5) is 0 Å². The summed E-state index contributed by atoms with van der Waals surface area (Å²) in [5.41, 5.74) is 0.926. The van der Waals surface area contributed by atoms with Crippen molar-refractivity contribution in [1.29, 1.82) is 0 Å². The van der Waals surface area contributed by atoms with E-state index in [1.54, 1.807) is 13.0 Å². The van der Waals surface area contributed by atoms with Crippen molar-refractivity contribution in [1.82, 2.24) is 0 Å². The third-order valence-corrected chi connectivity index (χ3v) is 5.88. The van der Waals surface area contributed by atoms with Gasteiger partial charge in [0.25, 0.3) is 0 Å². The van der Waals surface area contributed by atoms with Crippen molar-refractivity contribution in [3.05, 3.63) is 39.7 Å². The Morgan fingerprint density at radius 2 is 1.37 bits per heavy atom. The molecule has 0 spiro atoms. The monoisotopic (exact) mass is 414 g/mol. The maximum atomic E-state index is 12.5. The SMILES string of the molecule is CCCCCCCCCCCCCCCC(=O)c1cc2c(C)cc(=O)oc2cc1O. The standard InChI is InChI=1S/C26H38O4/c1-3-4-5-6-7-8-9-10-11-12-13-14-15-16-23(27)22-18-21-20(2)17-26(29)30-25(21)19-24(22)28/h17-19,28H,3-16H2,1-2H3. The predicted octanol–water partition coefficient (Wildman–Crippen LogP) is 7.47. The Morgan fingerprint density at radius 3 is 1.93 bits per heavy atom. The summed E-state index contributed by atoms with van der Waals surface area (Å²) in [6.45, 7) is 4.06. The molecular formula is C26H38O4. The molecular weight excluding hydrogens is 376 g/mol. The summed E-state index contributed by atoms with van der Waals surface area (Å²) in [6.07, 6.45) is 16.9. The molecule has 1 aromatic carbocycles. The molecule has 1 heterocycles. The number of unbranched alkanes of at least 4 members (excludes halogenated alkanes) is 12. The molecule has 0 aliphatic carbocycles. The highest BCUT2D eigenvalue weighted by molar-refractivity contribution is 6.02. The Kier molecular flexibility index (Phi) is 10.7. The first-order valence-corrected chi connectivity index (χ1v) is 11.8. The minimum absolute atomic E-state index is 0.0527. The first-order valence-electron chi connectivity index (χ1n) is 11.8. The van der Waals surface area contributed by atoms with Crippen LogP contribution in [0.2, 0.25) is 0 Å². The number of hydrogen-bond acceptors (Lipinski definition) is 4. The van der Waals surface area contributed by atoms with E-state index >= 15 is 0 Å². The summed E-state index contributed by atoms with van der Waals surface area (Å²) in [5.74, 6) is -0.168. The van der Waals surface area contributed by atoms with E-state index in [1.165, 1.54) is 76.3 Å². The fraction of sp³-hybridized carbons (Fsp3) is 0.615. The van der Waals surface area contributed by atoms with E-state index in [0.29, 0.717) is 23.0 Å². The molecule has 0 fully saturated rings. The molecule has 0 aliphatic rings. The van der Waals surface area contributed by atoms with Gasteiger partial charge >= 0.3 is 5.63 Å². The molecule has 2 aromatic rings. The number of fused-ring (bicyclic) bond motifs is 1. The van der Waals surface area contributed by atoms with Crippen LogP contribution in [0.15, 0.2) is 27.4 Å². The number of Topliss-reactive ketones (excluding diaryl/α,β-unsaturated/α-hetero) is 1. The van der Waals surface area contributed by atoms with Crippen molar-refractivity contribution in [2.75, 3.05) is 0 Å². The van der Waals surface area contributed by atoms with Gasteiger partial charge in [-0.05, 0) is 25.0 Å². The molecule has 0 saturated heterocycles. The molecule has 0 amide bonds. The Labute approximate surface area is 180 Å². The first kappa shape index (κ1) is 24.2. The van der Waals surface area contributed by atoms with Crippen LogP contribution in [0, 0.1) is 6.92 Å². The fourth-order valence-corrected chi connectivity index (χ4v) is 4.02. The minimum atomic E-state index is -0.453. The molecule has 0 radical (unpaired) electrons. The summed E-state index contributed by atoms with van der Waals surface area (Å²) in [4.78, 5) is 24.0. The smallest absolute Gasteiger partial charge is 0.336 e. The number of aromatic hydroxyl groups is 1. The maximum absolute atomic E-state index is 12.5. The van der Waals surface area contributed by atoms with E-state index in [4.69, 9.17) is 4.42 Å². The number of aryl methyl sites for hydroxylation is 1. The van der Waals surface area contributed by atoms with Gasteiger partial charge in [0.2, 0.25) is 0 Å². The molecule has 0 aliphatic heterocycles. The maximum Gasteiger partial charge on any atom is 0.336 e.